The summed E-state index contributed by atoms with van der Waals surface area (Å²) in [5, 5.41) is 8.26. The van der Waals surface area contributed by atoms with Gasteiger partial charge >= 0.3 is 12.1 Å². The van der Waals surface area contributed by atoms with E-state index in [0.29, 0.717) is 13.0 Å². The highest BCUT2D eigenvalue weighted by atomic mass is 16.6. The molecular formula is C27H26N3O4+. The quantitative estimate of drug-likeness (QED) is 0.305. The molecule has 0 radical (unpaired) electrons. The molecule has 0 saturated carbocycles. The monoisotopic (exact) mass is 456 g/mol. The fourth-order valence-corrected chi connectivity index (χ4v) is 3.43. The Labute approximate surface area is 197 Å². The lowest BCUT2D eigenvalue weighted by Gasteiger charge is -2.16. The highest BCUT2D eigenvalue weighted by Crippen LogP contribution is 2.08. The molecule has 0 spiro atoms. The summed E-state index contributed by atoms with van der Waals surface area (Å²) in [5.74, 6) is -0.526. The number of ether oxygens (including phenoxy) is 2. The SMILES string of the molecule is O=C(NC(CC[n+]1ccc2ccccc2n1)C(=O)OCc1ccccc1)OCc1ccccc1. The number of carbonyl (C=O) groups excluding carboxylic acids is 2. The summed E-state index contributed by atoms with van der Waals surface area (Å²) in [6.45, 7) is 0.645. The second-order valence-corrected chi connectivity index (χ2v) is 7.78. The highest BCUT2D eigenvalue weighted by molar-refractivity contribution is 5.81. The number of amides is 1. The van der Waals surface area contributed by atoms with E-state index in [0.717, 1.165) is 22.0 Å². The second-order valence-electron chi connectivity index (χ2n) is 7.78. The number of alkyl carbamates (subject to hydrolysis) is 1. The number of aromatic nitrogens is 2. The van der Waals surface area contributed by atoms with Crippen molar-refractivity contribution in [3.63, 3.8) is 0 Å². The Morgan fingerprint density at radius 1 is 0.794 bits per heavy atom. The summed E-state index contributed by atoms with van der Waals surface area (Å²) in [4.78, 5) is 25.3. The topological polar surface area (TPSA) is 81.4 Å². The molecular weight excluding hydrogens is 430 g/mol. The molecule has 1 N–H and O–H groups in total. The smallest absolute Gasteiger partial charge is 0.408 e. The van der Waals surface area contributed by atoms with Crippen LogP contribution in [0.25, 0.3) is 10.9 Å². The molecule has 7 nitrogen and oxygen atoms in total. The van der Waals surface area contributed by atoms with Crippen LogP contribution in [0.4, 0.5) is 4.79 Å². The Kier molecular flexibility index (Phi) is 7.79. The Hall–Kier alpha value is -4.26. The van der Waals surface area contributed by atoms with Crippen molar-refractivity contribution >= 4 is 23.0 Å². The van der Waals surface area contributed by atoms with Crippen molar-refractivity contribution in [3.8, 4) is 0 Å². The summed E-state index contributed by atoms with van der Waals surface area (Å²) in [7, 11) is 0. The summed E-state index contributed by atoms with van der Waals surface area (Å²) in [6.07, 6.45) is 1.47. The van der Waals surface area contributed by atoms with Gasteiger partial charge in [-0.05, 0) is 17.2 Å². The minimum Gasteiger partial charge on any atom is -0.459 e. The van der Waals surface area contributed by atoms with E-state index in [2.05, 4.69) is 10.4 Å². The zero-order valence-electron chi connectivity index (χ0n) is 18.7. The van der Waals surface area contributed by atoms with Crippen LogP contribution in [0.3, 0.4) is 0 Å². The molecule has 0 bridgehead atoms. The molecule has 3 aromatic carbocycles. The predicted octanol–water partition coefficient (Wildman–Crippen LogP) is 3.95. The van der Waals surface area contributed by atoms with Crippen molar-refractivity contribution in [3.05, 3.63) is 108 Å². The molecule has 1 aromatic heterocycles. The third kappa shape index (κ3) is 6.62. The molecule has 1 amide bonds. The normalized spacial score (nSPS) is 11.5. The average molecular weight is 457 g/mol. The summed E-state index contributed by atoms with van der Waals surface area (Å²) < 4.78 is 12.5. The lowest BCUT2D eigenvalue weighted by Crippen LogP contribution is -2.46. The standard InChI is InChI=1S/C27H25N3O4/c31-26(33-19-21-9-3-1-4-10-21)25(28-27(32)34-20-22-11-5-2-6-12-22)16-18-30-17-15-23-13-7-8-14-24(23)29-30/h1-15,17,25H,16,18-20H2/p+1. The summed E-state index contributed by atoms with van der Waals surface area (Å²) in [5.41, 5.74) is 2.58. The molecule has 172 valence electrons. The van der Waals surface area contributed by atoms with E-state index in [-0.39, 0.29) is 13.2 Å². The van der Waals surface area contributed by atoms with Crippen molar-refractivity contribution < 1.29 is 23.7 Å². The van der Waals surface area contributed by atoms with Crippen LogP contribution in [0.5, 0.6) is 0 Å². The van der Waals surface area contributed by atoms with E-state index < -0.39 is 18.1 Å². The molecule has 1 heterocycles. The van der Waals surface area contributed by atoms with E-state index in [4.69, 9.17) is 9.47 Å². The van der Waals surface area contributed by atoms with E-state index in [1.54, 1.807) is 4.68 Å². The maximum atomic E-state index is 12.8. The molecule has 1 atom stereocenters. The van der Waals surface area contributed by atoms with Gasteiger partial charge in [-0.3, -0.25) is 0 Å². The van der Waals surface area contributed by atoms with E-state index in [9.17, 15) is 9.59 Å². The first-order chi connectivity index (χ1) is 16.7. The minimum absolute atomic E-state index is 0.111. The van der Waals surface area contributed by atoms with Gasteiger partial charge in [0.2, 0.25) is 0 Å². The largest absolute Gasteiger partial charge is 0.459 e. The number of carbonyl (C=O) groups is 2. The predicted molar refractivity (Wildman–Crippen MR) is 126 cm³/mol. The molecule has 0 saturated heterocycles. The van der Waals surface area contributed by atoms with Crippen molar-refractivity contribution in [2.75, 3.05) is 0 Å². The van der Waals surface area contributed by atoms with Gasteiger partial charge in [-0.2, -0.15) is 0 Å². The summed E-state index contributed by atoms with van der Waals surface area (Å²) >= 11 is 0. The number of rotatable bonds is 9. The molecule has 4 aromatic rings. The van der Waals surface area contributed by atoms with Crippen LogP contribution >= 0.6 is 0 Å². The van der Waals surface area contributed by atoms with Crippen LogP contribution in [0.15, 0.2) is 97.2 Å². The van der Waals surface area contributed by atoms with Gasteiger partial charge in [0.1, 0.15) is 24.8 Å². The molecule has 34 heavy (non-hydrogen) atoms. The molecule has 4 rings (SSSR count). The summed E-state index contributed by atoms with van der Waals surface area (Å²) in [6, 6.07) is 27.6. The van der Waals surface area contributed by atoms with E-state index >= 15 is 0 Å². The number of nitrogens with zero attached hydrogens (tertiary/aromatic N) is 2. The van der Waals surface area contributed by atoms with Gasteiger partial charge < -0.3 is 14.8 Å². The van der Waals surface area contributed by atoms with Gasteiger partial charge in [-0.25, -0.2) is 9.59 Å². The molecule has 0 aliphatic rings. The zero-order chi connectivity index (χ0) is 23.6. The zero-order valence-corrected chi connectivity index (χ0v) is 18.7. The third-order valence-corrected chi connectivity index (χ3v) is 5.26. The van der Waals surface area contributed by atoms with Gasteiger partial charge in [0, 0.05) is 23.0 Å². The molecule has 0 aliphatic heterocycles. The lowest BCUT2D eigenvalue weighted by molar-refractivity contribution is -0.752. The third-order valence-electron chi connectivity index (χ3n) is 5.26. The van der Waals surface area contributed by atoms with Gasteiger partial charge in [-0.1, -0.05) is 83.5 Å². The molecule has 0 aliphatic carbocycles. The fraction of sp³-hybridized carbons (Fsp3) is 0.185. The molecule has 0 fully saturated rings. The van der Waals surface area contributed by atoms with Crippen LogP contribution < -0.4 is 10.00 Å². The van der Waals surface area contributed by atoms with Crippen molar-refractivity contribution in [1.82, 2.24) is 10.4 Å². The Morgan fingerprint density at radius 2 is 1.41 bits per heavy atom. The average Bonchev–Trinajstić information content (AvgIpc) is 2.89. The maximum Gasteiger partial charge on any atom is 0.408 e. The first-order valence-corrected chi connectivity index (χ1v) is 11.1. The Balaban J connectivity index is 1.39. The van der Waals surface area contributed by atoms with Crippen LogP contribution in [0.2, 0.25) is 0 Å². The molecule has 7 heteroatoms. The lowest BCUT2D eigenvalue weighted by atomic mass is 10.2. The van der Waals surface area contributed by atoms with Gasteiger partial charge in [-0.15, -0.1) is 0 Å². The number of hydrogen-bond donors (Lipinski definition) is 1. The Morgan fingerprint density at radius 3 is 2.12 bits per heavy atom. The first-order valence-electron chi connectivity index (χ1n) is 11.1. The van der Waals surface area contributed by atoms with Gasteiger partial charge in [0.05, 0.1) is 0 Å². The fourth-order valence-electron chi connectivity index (χ4n) is 3.43. The second kappa shape index (κ2) is 11.6. The first kappa shape index (κ1) is 22.9. The maximum absolute atomic E-state index is 12.8. The van der Waals surface area contributed by atoms with Crippen LogP contribution in [0, 0.1) is 0 Å². The number of hydrogen-bond acceptors (Lipinski definition) is 5. The van der Waals surface area contributed by atoms with E-state index in [1.165, 1.54) is 0 Å². The van der Waals surface area contributed by atoms with Crippen LogP contribution in [-0.4, -0.2) is 23.2 Å². The number of esters is 1. The van der Waals surface area contributed by atoms with Gasteiger partial charge in [0.15, 0.2) is 12.7 Å². The number of nitrogens with one attached hydrogen (secondary N) is 1. The van der Waals surface area contributed by atoms with Crippen molar-refractivity contribution in [1.29, 1.82) is 0 Å². The van der Waals surface area contributed by atoms with Crippen molar-refractivity contribution in [2.24, 2.45) is 0 Å². The van der Waals surface area contributed by atoms with E-state index in [1.807, 2.05) is 97.2 Å². The van der Waals surface area contributed by atoms with Crippen LogP contribution in [0.1, 0.15) is 17.5 Å². The minimum atomic E-state index is -0.882. The number of fused-ring (bicyclic) bond motifs is 1. The van der Waals surface area contributed by atoms with Crippen molar-refractivity contribution in [2.45, 2.75) is 32.2 Å². The number of benzene rings is 3. The highest BCUT2D eigenvalue weighted by Gasteiger charge is 2.25. The number of aryl methyl sites for hydroxylation is 1. The molecule has 1 unspecified atom stereocenters. The van der Waals surface area contributed by atoms with Crippen LogP contribution in [-0.2, 0) is 34.0 Å². The van der Waals surface area contributed by atoms with Gasteiger partial charge in [0.25, 0.3) is 0 Å². The Bertz CT molecular complexity index is 1230.